The third-order valence-electron chi connectivity index (χ3n) is 2.64. The second-order valence-corrected chi connectivity index (χ2v) is 4.33. The van der Waals surface area contributed by atoms with Crippen molar-refractivity contribution >= 4 is 5.91 Å². The van der Waals surface area contributed by atoms with E-state index in [9.17, 15) is 23.1 Å². The maximum absolute atomic E-state index is 11.9. The van der Waals surface area contributed by atoms with Gasteiger partial charge < -0.3 is 10.4 Å². The zero-order valence-corrected chi connectivity index (χ0v) is 10.5. The number of carbonyl (C=O) groups excluding carboxylic acids is 1. The van der Waals surface area contributed by atoms with E-state index in [4.69, 9.17) is 0 Å². The fourth-order valence-corrected chi connectivity index (χ4v) is 1.51. The molecule has 0 aliphatic heterocycles. The summed E-state index contributed by atoms with van der Waals surface area (Å²) in [7, 11) is 0. The van der Waals surface area contributed by atoms with Gasteiger partial charge in [0.1, 0.15) is 5.75 Å². The lowest BCUT2D eigenvalue weighted by Crippen LogP contribution is -2.24. The van der Waals surface area contributed by atoms with Crippen LogP contribution in [0, 0.1) is 6.92 Å². The number of carbonyl (C=O) groups is 1. The topological polar surface area (TPSA) is 49.3 Å². The Kier molecular flexibility index (Phi) is 5.20. The zero-order valence-electron chi connectivity index (χ0n) is 10.5. The highest BCUT2D eigenvalue weighted by atomic mass is 19.4. The summed E-state index contributed by atoms with van der Waals surface area (Å²) in [4.78, 5) is 11.6. The smallest absolute Gasteiger partial charge is 0.389 e. The Morgan fingerprint density at radius 1 is 1.32 bits per heavy atom. The van der Waals surface area contributed by atoms with Crippen molar-refractivity contribution in [2.24, 2.45) is 0 Å². The number of benzene rings is 1. The van der Waals surface area contributed by atoms with Gasteiger partial charge in [0.2, 0.25) is 0 Å². The fraction of sp³-hybridized carbons (Fsp3) is 0.462. The first kappa shape index (κ1) is 15.3. The molecule has 0 unspecified atom stereocenters. The molecular weight excluding hydrogens is 259 g/mol. The van der Waals surface area contributed by atoms with E-state index in [1.165, 1.54) is 6.07 Å². The van der Waals surface area contributed by atoms with E-state index < -0.39 is 18.5 Å². The molecule has 1 amide bonds. The summed E-state index contributed by atoms with van der Waals surface area (Å²) in [5.41, 5.74) is 0.945. The average Bonchev–Trinajstić information content (AvgIpc) is 2.30. The highest BCUT2D eigenvalue weighted by Gasteiger charge is 2.25. The average molecular weight is 275 g/mol. The lowest BCUT2D eigenvalue weighted by Gasteiger charge is -2.08. The third-order valence-corrected chi connectivity index (χ3v) is 2.64. The van der Waals surface area contributed by atoms with Crippen molar-refractivity contribution in [1.29, 1.82) is 0 Å². The van der Waals surface area contributed by atoms with Gasteiger partial charge in [0.25, 0.3) is 5.91 Å². The predicted octanol–water partition coefficient (Wildman–Crippen LogP) is 3.16. The van der Waals surface area contributed by atoms with Crippen molar-refractivity contribution in [1.82, 2.24) is 5.32 Å². The second kappa shape index (κ2) is 6.45. The molecular formula is C13H16F3NO2. The third kappa shape index (κ3) is 5.63. The van der Waals surface area contributed by atoms with E-state index in [1.807, 2.05) is 0 Å². The number of amides is 1. The summed E-state index contributed by atoms with van der Waals surface area (Å²) in [6.07, 6.45) is -4.73. The number of halogens is 3. The number of aryl methyl sites for hydroxylation is 1. The molecule has 0 aromatic heterocycles. The maximum Gasteiger partial charge on any atom is 0.389 e. The Balaban J connectivity index is 2.33. The van der Waals surface area contributed by atoms with E-state index in [-0.39, 0.29) is 25.1 Å². The number of aromatic hydroxyl groups is 1. The Hall–Kier alpha value is -1.72. The standard InChI is InChI=1S/C13H16F3NO2/c1-9-4-5-10(8-11(9)18)12(19)17-7-3-2-6-13(14,15)16/h4-5,8,18H,2-3,6-7H2,1H3,(H,17,19). The Labute approximate surface area is 109 Å². The molecule has 0 aliphatic rings. The van der Waals surface area contributed by atoms with Crippen molar-refractivity contribution in [2.45, 2.75) is 32.4 Å². The normalized spacial score (nSPS) is 11.4. The number of phenols is 1. The fourth-order valence-electron chi connectivity index (χ4n) is 1.51. The van der Waals surface area contributed by atoms with Crippen molar-refractivity contribution in [3.63, 3.8) is 0 Å². The molecule has 0 aliphatic carbocycles. The van der Waals surface area contributed by atoms with Gasteiger partial charge in [-0.25, -0.2) is 0 Å². The van der Waals surface area contributed by atoms with Gasteiger partial charge in [-0.1, -0.05) is 6.07 Å². The first-order valence-electron chi connectivity index (χ1n) is 5.94. The van der Waals surface area contributed by atoms with Crippen LogP contribution in [-0.2, 0) is 0 Å². The quantitative estimate of drug-likeness (QED) is 0.811. The minimum absolute atomic E-state index is 0.0110. The number of phenolic OH excluding ortho intramolecular Hbond substituents is 1. The van der Waals surface area contributed by atoms with Gasteiger partial charge in [-0.2, -0.15) is 13.2 Å². The minimum atomic E-state index is -4.15. The first-order valence-corrected chi connectivity index (χ1v) is 5.94. The van der Waals surface area contributed by atoms with Gasteiger partial charge in [0.05, 0.1) is 0 Å². The summed E-state index contributed by atoms with van der Waals surface area (Å²) in [5, 5.41) is 12.0. The second-order valence-electron chi connectivity index (χ2n) is 4.33. The molecule has 106 valence electrons. The number of alkyl halides is 3. The lowest BCUT2D eigenvalue weighted by molar-refractivity contribution is -0.135. The van der Waals surface area contributed by atoms with Crippen molar-refractivity contribution < 1.29 is 23.1 Å². The molecule has 0 radical (unpaired) electrons. The Morgan fingerprint density at radius 3 is 2.58 bits per heavy atom. The van der Waals surface area contributed by atoms with E-state index in [0.717, 1.165) is 0 Å². The van der Waals surface area contributed by atoms with Crippen molar-refractivity contribution in [3.05, 3.63) is 29.3 Å². The van der Waals surface area contributed by atoms with E-state index in [2.05, 4.69) is 5.32 Å². The molecule has 0 saturated carbocycles. The molecule has 19 heavy (non-hydrogen) atoms. The van der Waals surface area contributed by atoms with E-state index in [0.29, 0.717) is 11.1 Å². The van der Waals surface area contributed by atoms with Crippen molar-refractivity contribution in [3.8, 4) is 5.75 Å². The van der Waals surface area contributed by atoms with Crippen LogP contribution in [0.3, 0.4) is 0 Å². The van der Waals surface area contributed by atoms with Gasteiger partial charge in [-0.3, -0.25) is 4.79 Å². The molecule has 0 bridgehead atoms. The predicted molar refractivity (Wildman–Crippen MR) is 65.1 cm³/mol. The lowest BCUT2D eigenvalue weighted by atomic mass is 10.1. The van der Waals surface area contributed by atoms with E-state index in [1.54, 1.807) is 19.1 Å². The van der Waals surface area contributed by atoms with Gasteiger partial charge in [-0.05, 0) is 37.5 Å². The SMILES string of the molecule is Cc1ccc(C(=O)NCCCCC(F)(F)F)cc1O. The van der Waals surface area contributed by atoms with Gasteiger partial charge in [0, 0.05) is 18.5 Å². The number of hydrogen-bond acceptors (Lipinski definition) is 2. The monoisotopic (exact) mass is 275 g/mol. The molecule has 0 atom stereocenters. The van der Waals surface area contributed by atoms with Crippen LogP contribution in [0.4, 0.5) is 13.2 Å². The highest BCUT2D eigenvalue weighted by Crippen LogP contribution is 2.22. The minimum Gasteiger partial charge on any atom is -0.508 e. The highest BCUT2D eigenvalue weighted by molar-refractivity contribution is 5.94. The van der Waals surface area contributed by atoms with Crippen LogP contribution >= 0.6 is 0 Å². The molecule has 0 heterocycles. The molecule has 2 N–H and O–H groups in total. The van der Waals surface area contributed by atoms with Gasteiger partial charge in [-0.15, -0.1) is 0 Å². The van der Waals surface area contributed by atoms with Crippen LogP contribution in [0.2, 0.25) is 0 Å². The number of unbranched alkanes of at least 4 members (excludes halogenated alkanes) is 1. The van der Waals surface area contributed by atoms with Crippen LogP contribution in [0.5, 0.6) is 5.75 Å². The molecule has 1 aromatic carbocycles. The van der Waals surface area contributed by atoms with Crippen LogP contribution in [0.1, 0.15) is 35.2 Å². The zero-order chi connectivity index (χ0) is 14.5. The van der Waals surface area contributed by atoms with Crippen LogP contribution in [0.25, 0.3) is 0 Å². The maximum atomic E-state index is 11.9. The van der Waals surface area contributed by atoms with Crippen LogP contribution in [0.15, 0.2) is 18.2 Å². The summed E-state index contributed by atoms with van der Waals surface area (Å²) in [5.74, 6) is -0.382. The van der Waals surface area contributed by atoms with E-state index >= 15 is 0 Å². The van der Waals surface area contributed by atoms with Crippen LogP contribution in [-0.4, -0.2) is 23.7 Å². The number of nitrogens with one attached hydrogen (secondary N) is 1. The molecule has 0 saturated heterocycles. The molecule has 6 heteroatoms. The molecule has 0 fully saturated rings. The summed E-state index contributed by atoms with van der Waals surface area (Å²) >= 11 is 0. The van der Waals surface area contributed by atoms with Gasteiger partial charge >= 0.3 is 6.18 Å². The number of hydrogen-bond donors (Lipinski definition) is 2. The number of rotatable bonds is 5. The summed E-state index contributed by atoms with van der Waals surface area (Å²) in [6.45, 7) is 1.89. The molecule has 1 aromatic rings. The Morgan fingerprint density at radius 2 is 2.00 bits per heavy atom. The largest absolute Gasteiger partial charge is 0.508 e. The molecule has 0 spiro atoms. The van der Waals surface area contributed by atoms with Crippen molar-refractivity contribution in [2.75, 3.05) is 6.54 Å². The molecule has 1 rings (SSSR count). The summed E-state index contributed by atoms with van der Waals surface area (Å²) < 4.78 is 35.6. The van der Waals surface area contributed by atoms with Crippen LogP contribution < -0.4 is 5.32 Å². The molecule has 3 nitrogen and oxygen atoms in total. The summed E-state index contributed by atoms with van der Waals surface area (Å²) in [6, 6.07) is 4.49. The van der Waals surface area contributed by atoms with Gasteiger partial charge in [0.15, 0.2) is 0 Å². The Bertz CT molecular complexity index is 444. The first-order chi connectivity index (χ1) is 8.79.